The number of aliphatic hydroxyl groups is 1. The SMILES string of the molecule is CC(C)n1cc2c3c(cccc31)[C@H]1C[C@@H](CO)CN(C)[C@@H]1C2. The lowest BCUT2D eigenvalue weighted by Gasteiger charge is -2.45. The van der Waals surface area contributed by atoms with Gasteiger partial charge in [-0.25, -0.2) is 0 Å². The summed E-state index contributed by atoms with van der Waals surface area (Å²) >= 11 is 0. The number of benzene rings is 1. The topological polar surface area (TPSA) is 28.4 Å². The number of likely N-dealkylation sites (N-methyl/N-ethyl adjacent to an activating group) is 1. The van der Waals surface area contributed by atoms with Crippen molar-refractivity contribution >= 4 is 10.9 Å². The number of aliphatic hydroxyl groups excluding tert-OH is 1. The molecule has 2 heterocycles. The van der Waals surface area contributed by atoms with E-state index in [4.69, 9.17) is 0 Å². The fourth-order valence-electron chi connectivity index (χ4n) is 4.75. The molecule has 3 atom stereocenters. The first-order valence-electron chi connectivity index (χ1n) is 8.53. The van der Waals surface area contributed by atoms with E-state index in [0.29, 0.717) is 30.5 Å². The normalized spacial score (nSPS) is 28.3. The minimum absolute atomic E-state index is 0.309. The third-order valence-corrected chi connectivity index (χ3v) is 5.78. The van der Waals surface area contributed by atoms with Crippen molar-refractivity contribution in [1.82, 2.24) is 9.47 Å². The average molecular weight is 298 g/mol. The molecule has 4 rings (SSSR count). The van der Waals surface area contributed by atoms with E-state index < -0.39 is 0 Å². The van der Waals surface area contributed by atoms with Crippen LogP contribution in [0.25, 0.3) is 10.9 Å². The molecule has 3 heteroatoms. The zero-order valence-corrected chi connectivity index (χ0v) is 13.8. The van der Waals surface area contributed by atoms with E-state index in [-0.39, 0.29) is 0 Å². The lowest BCUT2D eigenvalue weighted by atomic mass is 9.72. The van der Waals surface area contributed by atoms with Gasteiger partial charge in [-0.15, -0.1) is 0 Å². The minimum atomic E-state index is 0.309. The molecule has 2 aliphatic rings. The first kappa shape index (κ1) is 14.3. The van der Waals surface area contributed by atoms with Crippen molar-refractivity contribution in [1.29, 1.82) is 0 Å². The predicted octanol–water partition coefficient (Wildman–Crippen LogP) is 3.17. The fourth-order valence-corrected chi connectivity index (χ4v) is 4.75. The van der Waals surface area contributed by atoms with E-state index in [1.54, 1.807) is 0 Å². The summed E-state index contributed by atoms with van der Waals surface area (Å²) in [6, 6.07) is 7.88. The Labute approximate surface area is 132 Å². The van der Waals surface area contributed by atoms with Gasteiger partial charge in [-0.05, 0) is 56.8 Å². The van der Waals surface area contributed by atoms with Crippen LogP contribution in [0.15, 0.2) is 24.4 Å². The minimum Gasteiger partial charge on any atom is -0.396 e. The summed E-state index contributed by atoms with van der Waals surface area (Å²) in [5, 5.41) is 11.1. The maximum atomic E-state index is 9.63. The Morgan fingerprint density at radius 2 is 2.14 bits per heavy atom. The van der Waals surface area contributed by atoms with E-state index in [0.717, 1.165) is 19.4 Å². The summed E-state index contributed by atoms with van der Waals surface area (Å²) in [5.74, 6) is 0.977. The molecule has 1 aliphatic carbocycles. The summed E-state index contributed by atoms with van der Waals surface area (Å²) < 4.78 is 2.43. The first-order valence-corrected chi connectivity index (χ1v) is 8.53. The Balaban J connectivity index is 1.88. The van der Waals surface area contributed by atoms with Gasteiger partial charge in [0, 0.05) is 48.3 Å². The van der Waals surface area contributed by atoms with E-state index in [1.165, 1.54) is 22.0 Å². The van der Waals surface area contributed by atoms with Crippen molar-refractivity contribution in [2.45, 2.75) is 44.7 Å². The number of hydrogen-bond donors (Lipinski definition) is 1. The second-order valence-electron chi connectivity index (χ2n) is 7.50. The van der Waals surface area contributed by atoms with Crippen LogP contribution in [0, 0.1) is 5.92 Å². The molecule has 0 spiro atoms. The van der Waals surface area contributed by atoms with Gasteiger partial charge in [0.2, 0.25) is 0 Å². The van der Waals surface area contributed by atoms with Gasteiger partial charge >= 0.3 is 0 Å². The molecule has 1 saturated heterocycles. The van der Waals surface area contributed by atoms with Crippen LogP contribution in [0.3, 0.4) is 0 Å². The first-order chi connectivity index (χ1) is 10.6. The van der Waals surface area contributed by atoms with E-state index in [9.17, 15) is 5.11 Å². The second-order valence-corrected chi connectivity index (χ2v) is 7.50. The highest BCUT2D eigenvalue weighted by molar-refractivity contribution is 5.89. The van der Waals surface area contributed by atoms with Crippen LogP contribution in [0.4, 0.5) is 0 Å². The van der Waals surface area contributed by atoms with Crippen LogP contribution in [-0.2, 0) is 6.42 Å². The second kappa shape index (κ2) is 5.10. The number of piperidine rings is 1. The van der Waals surface area contributed by atoms with Crippen molar-refractivity contribution < 1.29 is 5.11 Å². The summed E-state index contributed by atoms with van der Waals surface area (Å²) in [6.45, 7) is 5.85. The Kier molecular flexibility index (Phi) is 3.31. The van der Waals surface area contributed by atoms with Gasteiger partial charge in [0.1, 0.15) is 0 Å². The smallest absolute Gasteiger partial charge is 0.0488 e. The Bertz CT molecular complexity index is 703. The largest absolute Gasteiger partial charge is 0.396 e. The quantitative estimate of drug-likeness (QED) is 0.922. The van der Waals surface area contributed by atoms with Gasteiger partial charge in [0.05, 0.1) is 0 Å². The molecule has 1 aromatic heterocycles. The molecule has 1 N–H and O–H groups in total. The Hall–Kier alpha value is -1.32. The van der Waals surface area contributed by atoms with Crippen molar-refractivity contribution in [3.8, 4) is 0 Å². The molecule has 0 unspecified atom stereocenters. The van der Waals surface area contributed by atoms with Crippen LogP contribution in [-0.4, -0.2) is 40.8 Å². The van der Waals surface area contributed by atoms with E-state index in [1.807, 2.05) is 0 Å². The number of likely N-dealkylation sites (tertiary alicyclic amines) is 1. The standard InChI is InChI=1S/C19H26N2O/c1-12(2)21-10-14-8-18-16(7-13(11-22)9-20(18)3)15-5-4-6-17(21)19(14)15/h4-6,10,12-13,16,18,22H,7-9,11H2,1-3H3/t13-,16-,18-/m1/s1. The number of nitrogens with zero attached hydrogens (tertiary/aromatic N) is 2. The number of aromatic nitrogens is 1. The van der Waals surface area contributed by atoms with Gasteiger partial charge in [0.25, 0.3) is 0 Å². The van der Waals surface area contributed by atoms with Crippen molar-refractivity contribution in [2.75, 3.05) is 20.2 Å². The van der Waals surface area contributed by atoms with Crippen molar-refractivity contribution in [3.63, 3.8) is 0 Å². The zero-order valence-electron chi connectivity index (χ0n) is 13.8. The van der Waals surface area contributed by atoms with E-state index in [2.05, 4.69) is 54.8 Å². The number of hydrogen-bond acceptors (Lipinski definition) is 2. The summed E-state index contributed by atoms with van der Waals surface area (Å²) in [6.07, 6.45) is 4.64. The maximum absolute atomic E-state index is 9.63. The zero-order chi connectivity index (χ0) is 15.4. The molecule has 0 radical (unpaired) electrons. The summed E-state index contributed by atoms with van der Waals surface area (Å²) in [5.41, 5.74) is 4.40. The molecule has 118 valence electrons. The molecule has 0 bridgehead atoms. The number of rotatable bonds is 2. The van der Waals surface area contributed by atoms with Gasteiger partial charge in [-0.3, -0.25) is 0 Å². The van der Waals surface area contributed by atoms with Crippen LogP contribution in [0.2, 0.25) is 0 Å². The summed E-state index contributed by atoms with van der Waals surface area (Å²) in [4.78, 5) is 2.48. The predicted molar refractivity (Wildman–Crippen MR) is 90.4 cm³/mol. The van der Waals surface area contributed by atoms with Crippen molar-refractivity contribution in [3.05, 3.63) is 35.5 Å². The molecular weight excluding hydrogens is 272 g/mol. The van der Waals surface area contributed by atoms with Crippen molar-refractivity contribution in [2.24, 2.45) is 5.92 Å². The van der Waals surface area contributed by atoms with Crippen LogP contribution < -0.4 is 0 Å². The molecule has 22 heavy (non-hydrogen) atoms. The van der Waals surface area contributed by atoms with Crippen LogP contribution >= 0.6 is 0 Å². The Morgan fingerprint density at radius 1 is 1.32 bits per heavy atom. The maximum Gasteiger partial charge on any atom is 0.0488 e. The summed E-state index contributed by atoms with van der Waals surface area (Å²) in [7, 11) is 2.23. The molecular formula is C19H26N2O. The molecule has 0 saturated carbocycles. The van der Waals surface area contributed by atoms with Crippen LogP contribution in [0.5, 0.6) is 0 Å². The van der Waals surface area contributed by atoms with Crippen LogP contribution in [0.1, 0.15) is 43.4 Å². The Morgan fingerprint density at radius 3 is 2.86 bits per heavy atom. The van der Waals surface area contributed by atoms with Gasteiger partial charge in [-0.2, -0.15) is 0 Å². The highest BCUT2D eigenvalue weighted by Crippen LogP contribution is 2.45. The third-order valence-electron chi connectivity index (χ3n) is 5.78. The number of fused-ring (bicyclic) bond motifs is 2. The molecule has 1 fully saturated rings. The molecule has 0 amide bonds. The molecule has 2 aromatic rings. The molecule has 1 aromatic carbocycles. The average Bonchev–Trinajstić information content (AvgIpc) is 2.89. The fraction of sp³-hybridized carbons (Fsp3) is 0.579. The van der Waals surface area contributed by atoms with Gasteiger partial charge < -0.3 is 14.6 Å². The third kappa shape index (κ3) is 1.95. The lowest BCUT2D eigenvalue weighted by Crippen LogP contribution is -2.48. The highest BCUT2D eigenvalue weighted by atomic mass is 16.3. The monoisotopic (exact) mass is 298 g/mol. The lowest BCUT2D eigenvalue weighted by molar-refractivity contribution is 0.0772. The van der Waals surface area contributed by atoms with E-state index >= 15 is 0 Å². The molecule has 1 aliphatic heterocycles. The van der Waals surface area contributed by atoms with Gasteiger partial charge in [0.15, 0.2) is 0 Å². The molecule has 3 nitrogen and oxygen atoms in total. The highest BCUT2D eigenvalue weighted by Gasteiger charge is 2.39. The van der Waals surface area contributed by atoms with Gasteiger partial charge in [-0.1, -0.05) is 12.1 Å².